The monoisotopic (exact) mass is 335 g/mol. The lowest BCUT2D eigenvalue weighted by molar-refractivity contribution is -0.385. The number of carbonyl (C=O) groups is 2. The highest BCUT2D eigenvalue weighted by molar-refractivity contribution is 7.14. The van der Waals surface area contributed by atoms with Gasteiger partial charge >= 0.3 is 5.97 Å². The topological polar surface area (TPSA) is 111 Å². The third-order valence-electron chi connectivity index (χ3n) is 2.96. The van der Waals surface area contributed by atoms with Crippen LogP contribution in [0, 0.1) is 17.0 Å². The molecule has 0 aliphatic carbocycles. The van der Waals surface area contributed by atoms with Crippen LogP contribution in [0.1, 0.15) is 33.3 Å². The van der Waals surface area contributed by atoms with Crippen LogP contribution in [-0.2, 0) is 4.74 Å². The molecule has 0 fully saturated rings. The Hall–Kier alpha value is -2.81. The third-order valence-corrected chi connectivity index (χ3v) is 3.71. The zero-order chi connectivity index (χ0) is 17.0. The first-order valence-corrected chi connectivity index (χ1v) is 7.50. The van der Waals surface area contributed by atoms with Gasteiger partial charge in [0.25, 0.3) is 11.6 Å². The minimum absolute atomic E-state index is 0.0999. The Morgan fingerprint density at radius 2 is 2.17 bits per heavy atom. The van der Waals surface area contributed by atoms with Gasteiger partial charge in [-0.05, 0) is 19.9 Å². The number of thiazole rings is 1. The molecule has 2 rings (SSSR count). The van der Waals surface area contributed by atoms with Crippen LogP contribution in [0.5, 0.6) is 0 Å². The molecular weight excluding hydrogens is 322 g/mol. The highest BCUT2D eigenvalue weighted by Gasteiger charge is 2.19. The van der Waals surface area contributed by atoms with E-state index >= 15 is 0 Å². The van der Waals surface area contributed by atoms with Gasteiger partial charge in [0.1, 0.15) is 0 Å². The first kappa shape index (κ1) is 16.6. The summed E-state index contributed by atoms with van der Waals surface area (Å²) in [7, 11) is 0. The molecule has 1 amide bonds. The van der Waals surface area contributed by atoms with Crippen molar-refractivity contribution in [2.24, 2.45) is 0 Å². The zero-order valence-corrected chi connectivity index (χ0v) is 13.2. The van der Waals surface area contributed by atoms with Crippen molar-refractivity contribution in [2.45, 2.75) is 13.8 Å². The standard InChI is InChI=1S/C14H13N3O5S/c1-3-22-13(19)10-7-23-14(15-10)16-12(18)9-5-4-6-11(8(9)2)17(20)21/h4-7H,3H2,1-2H3,(H,15,16,18). The number of benzene rings is 1. The summed E-state index contributed by atoms with van der Waals surface area (Å²) in [6.07, 6.45) is 0. The molecule has 23 heavy (non-hydrogen) atoms. The second kappa shape index (κ2) is 6.97. The van der Waals surface area contributed by atoms with E-state index in [9.17, 15) is 19.7 Å². The molecule has 9 heteroatoms. The van der Waals surface area contributed by atoms with E-state index in [0.717, 1.165) is 11.3 Å². The van der Waals surface area contributed by atoms with Gasteiger partial charge < -0.3 is 4.74 Å². The quantitative estimate of drug-likeness (QED) is 0.511. The molecule has 0 saturated heterocycles. The predicted molar refractivity (Wildman–Crippen MR) is 83.9 cm³/mol. The summed E-state index contributed by atoms with van der Waals surface area (Å²) >= 11 is 1.07. The predicted octanol–water partition coefficient (Wildman–Crippen LogP) is 2.79. The molecule has 1 aromatic heterocycles. The molecule has 0 saturated carbocycles. The van der Waals surface area contributed by atoms with E-state index in [1.54, 1.807) is 6.92 Å². The molecule has 120 valence electrons. The largest absolute Gasteiger partial charge is 0.461 e. The summed E-state index contributed by atoms with van der Waals surface area (Å²) in [6, 6.07) is 4.25. The van der Waals surface area contributed by atoms with Crippen LogP contribution < -0.4 is 5.32 Å². The molecule has 0 aliphatic heterocycles. The maximum atomic E-state index is 12.2. The minimum Gasteiger partial charge on any atom is -0.461 e. The lowest BCUT2D eigenvalue weighted by Gasteiger charge is -2.05. The van der Waals surface area contributed by atoms with E-state index in [0.29, 0.717) is 0 Å². The molecular formula is C14H13N3O5S. The minimum atomic E-state index is -0.573. The van der Waals surface area contributed by atoms with E-state index in [1.165, 1.54) is 30.5 Å². The van der Waals surface area contributed by atoms with Gasteiger partial charge in [0.2, 0.25) is 0 Å². The summed E-state index contributed by atoms with van der Waals surface area (Å²) in [5.41, 5.74) is 0.399. The molecule has 0 aliphatic rings. The number of nitro benzene ring substituents is 1. The second-order valence-corrected chi connectivity index (χ2v) is 5.28. The van der Waals surface area contributed by atoms with Crippen molar-refractivity contribution in [3.05, 3.63) is 50.5 Å². The van der Waals surface area contributed by atoms with Gasteiger partial charge in [-0.25, -0.2) is 9.78 Å². The Kier molecular flexibility index (Phi) is 5.02. The van der Waals surface area contributed by atoms with Crippen LogP contribution in [0.4, 0.5) is 10.8 Å². The average Bonchev–Trinajstić information content (AvgIpc) is 2.96. The van der Waals surface area contributed by atoms with E-state index in [2.05, 4.69) is 10.3 Å². The lowest BCUT2D eigenvalue weighted by atomic mass is 10.1. The SMILES string of the molecule is CCOC(=O)c1csc(NC(=O)c2cccc([N+](=O)[O-])c2C)n1. The van der Waals surface area contributed by atoms with Crippen LogP contribution in [0.15, 0.2) is 23.6 Å². The van der Waals surface area contributed by atoms with Crippen LogP contribution in [0.25, 0.3) is 0 Å². The van der Waals surface area contributed by atoms with Crippen molar-refractivity contribution in [3.8, 4) is 0 Å². The zero-order valence-electron chi connectivity index (χ0n) is 12.4. The van der Waals surface area contributed by atoms with E-state index < -0.39 is 16.8 Å². The highest BCUT2D eigenvalue weighted by atomic mass is 32.1. The summed E-state index contributed by atoms with van der Waals surface area (Å²) in [6.45, 7) is 3.40. The summed E-state index contributed by atoms with van der Waals surface area (Å²) in [5, 5.41) is 15.1. The van der Waals surface area contributed by atoms with Crippen molar-refractivity contribution < 1.29 is 19.2 Å². The number of nitrogens with zero attached hydrogens (tertiary/aromatic N) is 2. The number of aromatic nitrogens is 1. The molecule has 0 atom stereocenters. The van der Waals surface area contributed by atoms with Crippen molar-refractivity contribution in [1.82, 2.24) is 4.98 Å². The Morgan fingerprint density at radius 3 is 2.83 bits per heavy atom. The number of hydrogen-bond donors (Lipinski definition) is 1. The number of anilines is 1. The Balaban J connectivity index is 2.18. The highest BCUT2D eigenvalue weighted by Crippen LogP contribution is 2.23. The number of rotatable bonds is 5. The number of ether oxygens (including phenoxy) is 1. The number of nitrogens with one attached hydrogen (secondary N) is 1. The maximum absolute atomic E-state index is 12.2. The number of esters is 1. The van der Waals surface area contributed by atoms with Crippen molar-refractivity contribution in [2.75, 3.05) is 11.9 Å². The van der Waals surface area contributed by atoms with Gasteiger partial charge in [-0.3, -0.25) is 20.2 Å². The third kappa shape index (κ3) is 3.69. The lowest BCUT2D eigenvalue weighted by Crippen LogP contribution is -2.14. The van der Waals surface area contributed by atoms with Crippen LogP contribution in [0.3, 0.4) is 0 Å². The number of carbonyl (C=O) groups excluding carboxylic acids is 2. The maximum Gasteiger partial charge on any atom is 0.357 e. The van der Waals surface area contributed by atoms with Gasteiger partial charge in [0, 0.05) is 22.6 Å². The number of amides is 1. The Morgan fingerprint density at radius 1 is 1.43 bits per heavy atom. The second-order valence-electron chi connectivity index (χ2n) is 4.42. The molecule has 8 nitrogen and oxygen atoms in total. The smallest absolute Gasteiger partial charge is 0.357 e. The van der Waals surface area contributed by atoms with Crippen molar-refractivity contribution in [3.63, 3.8) is 0 Å². The molecule has 0 radical (unpaired) electrons. The summed E-state index contributed by atoms with van der Waals surface area (Å²) in [4.78, 5) is 38.1. The molecule has 0 spiro atoms. The number of nitro groups is 1. The van der Waals surface area contributed by atoms with Gasteiger partial charge in [-0.1, -0.05) is 6.07 Å². The van der Waals surface area contributed by atoms with E-state index in [-0.39, 0.29) is 34.2 Å². The molecule has 1 heterocycles. The van der Waals surface area contributed by atoms with Crippen molar-refractivity contribution >= 4 is 34.0 Å². The fraction of sp³-hybridized carbons (Fsp3) is 0.214. The fourth-order valence-corrected chi connectivity index (χ4v) is 2.54. The molecule has 1 N–H and O–H groups in total. The van der Waals surface area contributed by atoms with Gasteiger partial charge in [-0.2, -0.15) is 0 Å². The van der Waals surface area contributed by atoms with Crippen LogP contribution in [-0.4, -0.2) is 28.4 Å². The molecule has 2 aromatic rings. The normalized spacial score (nSPS) is 10.2. The molecule has 1 aromatic carbocycles. The Bertz CT molecular complexity index is 772. The van der Waals surface area contributed by atoms with Crippen LogP contribution in [0.2, 0.25) is 0 Å². The van der Waals surface area contributed by atoms with E-state index in [4.69, 9.17) is 4.74 Å². The average molecular weight is 335 g/mol. The molecule has 0 bridgehead atoms. The van der Waals surface area contributed by atoms with Crippen molar-refractivity contribution in [1.29, 1.82) is 0 Å². The van der Waals surface area contributed by atoms with E-state index in [1.807, 2.05) is 0 Å². The summed E-state index contributed by atoms with van der Waals surface area (Å²) < 4.78 is 4.81. The molecule has 0 unspecified atom stereocenters. The first-order chi connectivity index (χ1) is 10.9. The summed E-state index contributed by atoms with van der Waals surface area (Å²) in [5.74, 6) is -1.10. The fourth-order valence-electron chi connectivity index (χ4n) is 1.86. The van der Waals surface area contributed by atoms with Crippen LogP contribution >= 0.6 is 11.3 Å². The van der Waals surface area contributed by atoms with Gasteiger partial charge in [0.05, 0.1) is 11.5 Å². The first-order valence-electron chi connectivity index (χ1n) is 6.62. The van der Waals surface area contributed by atoms with Gasteiger partial charge in [-0.15, -0.1) is 11.3 Å². The van der Waals surface area contributed by atoms with Gasteiger partial charge in [0.15, 0.2) is 10.8 Å². The number of hydrogen-bond acceptors (Lipinski definition) is 7. The Labute approximate surface area is 135 Å².